The molecule has 1 aliphatic carbocycles. The van der Waals surface area contributed by atoms with Gasteiger partial charge in [0.25, 0.3) is 0 Å². The molecule has 7 heteroatoms. The third kappa shape index (κ3) is 3.76. The van der Waals surface area contributed by atoms with E-state index in [1.165, 1.54) is 0 Å². The zero-order valence-corrected chi connectivity index (χ0v) is 16.3. The van der Waals surface area contributed by atoms with Crippen molar-refractivity contribution in [2.75, 3.05) is 11.1 Å². The number of nitrogens with two attached hydrogens (primary N) is 1. The first-order chi connectivity index (χ1) is 11.7. The van der Waals surface area contributed by atoms with E-state index in [1.807, 2.05) is 26.8 Å². The molecular formula is C18H24BrN3O3. The van der Waals surface area contributed by atoms with E-state index in [1.54, 1.807) is 17.0 Å². The van der Waals surface area contributed by atoms with Crippen LogP contribution in [0.25, 0.3) is 0 Å². The monoisotopic (exact) mass is 409 g/mol. The molecule has 0 radical (unpaired) electrons. The number of carbonyl (C=O) groups is 2. The van der Waals surface area contributed by atoms with Crippen LogP contribution < -0.4 is 11.1 Å². The molecule has 2 fully saturated rings. The highest BCUT2D eigenvalue weighted by Crippen LogP contribution is 2.43. The molecule has 1 saturated heterocycles. The minimum Gasteiger partial charge on any atom is -0.444 e. The summed E-state index contributed by atoms with van der Waals surface area (Å²) in [6, 6.07) is 4.89. The second kappa shape index (κ2) is 6.52. The Morgan fingerprint density at radius 3 is 2.68 bits per heavy atom. The quantitative estimate of drug-likeness (QED) is 0.728. The molecule has 1 aromatic rings. The van der Waals surface area contributed by atoms with Gasteiger partial charge < -0.3 is 15.8 Å². The van der Waals surface area contributed by atoms with Crippen molar-refractivity contribution < 1.29 is 14.3 Å². The fourth-order valence-electron chi connectivity index (χ4n) is 3.76. The van der Waals surface area contributed by atoms with E-state index in [9.17, 15) is 9.59 Å². The number of nitrogens with zero attached hydrogens (tertiary/aromatic N) is 1. The molecule has 3 rings (SSSR count). The van der Waals surface area contributed by atoms with Crippen molar-refractivity contribution in [2.45, 2.75) is 57.7 Å². The Morgan fingerprint density at radius 1 is 1.32 bits per heavy atom. The van der Waals surface area contributed by atoms with Gasteiger partial charge in [-0.1, -0.05) is 15.9 Å². The summed E-state index contributed by atoms with van der Waals surface area (Å²) >= 11 is 3.35. The second-order valence-electron chi connectivity index (χ2n) is 7.78. The minimum absolute atomic E-state index is 0.0814. The van der Waals surface area contributed by atoms with E-state index < -0.39 is 17.7 Å². The summed E-state index contributed by atoms with van der Waals surface area (Å²) in [4.78, 5) is 27.1. The van der Waals surface area contributed by atoms with Gasteiger partial charge in [-0.15, -0.1) is 0 Å². The normalized spacial score (nSPS) is 25.1. The van der Waals surface area contributed by atoms with Gasteiger partial charge in [-0.2, -0.15) is 0 Å². The number of benzene rings is 1. The molecule has 2 bridgehead atoms. The molecule has 2 amide bonds. The van der Waals surface area contributed by atoms with Crippen LogP contribution in [-0.2, 0) is 9.53 Å². The smallest absolute Gasteiger partial charge is 0.411 e. The van der Waals surface area contributed by atoms with Crippen molar-refractivity contribution in [1.29, 1.82) is 0 Å². The number of nitrogen functional groups attached to an aromatic ring is 1. The number of rotatable bonds is 2. The maximum absolute atomic E-state index is 12.9. The number of fused-ring (bicyclic) bond motifs is 2. The number of likely N-dealkylation sites (tertiary alicyclic amines) is 1. The van der Waals surface area contributed by atoms with E-state index in [-0.39, 0.29) is 17.9 Å². The lowest BCUT2D eigenvalue weighted by Crippen LogP contribution is -2.52. The van der Waals surface area contributed by atoms with Gasteiger partial charge in [0.05, 0.1) is 11.4 Å². The van der Waals surface area contributed by atoms with Gasteiger partial charge in [-0.25, -0.2) is 4.79 Å². The molecular weight excluding hydrogens is 386 g/mol. The Labute approximate surface area is 156 Å². The topological polar surface area (TPSA) is 84.7 Å². The molecule has 6 nitrogen and oxygen atoms in total. The molecule has 1 aliphatic heterocycles. The second-order valence-corrected chi connectivity index (χ2v) is 8.70. The minimum atomic E-state index is -0.587. The number of anilines is 2. The third-order valence-electron chi connectivity index (χ3n) is 4.73. The Morgan fingerprint density at radius 2 is 2.04 bits per heavy atom. The fraction of sp³-hybridized carbons (Fsp3) is 0.556. The summed E-state index contributed by atoms with van der Waals surface area (Å²) in [5.74, 6) is -0.0266. The number of nitrogens with one attached hydrogen (secondary N) is 1. The molecule has 136 valence electrons. The highest BCUT2D eigenvalue weighted by molar-refractivity contribution is 9.10. The van der Waals surface area contributed by atoms with Gasteiger partial charge in [0, 0.05) is 10.5 Å². The molecule has 0 spiro atoms. The highest BCUT2D eigenvalue weighted by Gasteiger charge is 2.52. The fourth-order valence-corrected chi connectivity index (χ4v) is 4.14. The number of ether oxygens (including phenoxy) is 1. The van der Waals surface area contributed by atoms with E-state index in [0.717, 1.165) is 23.7 Å². The van der Waals surface area contributed by atoms with Crippen LogP contribution in [-0.4, -0.2) is 34.6 Å². The average molecular weight is 410 g/mol. The molecule has 2 aliphatic rings. The molecule has 1 heterocycles. The summed E-state index contributed by atoms with van der Waals surface area (Å²) in [5.41, 5.74) is 6.42. The van der Waals surface area contributed by atoms with Crippen molar-refractivity contribution in [1.82, 2.24) is 4.90 Å². The molecule has 3 N–H and O–H groups in total. The first-order valence-electron chi connectivity index (χ1n) is 8.53. The molecule has 0 aromatic heterocycles. The first-order valence-corrected chi connectivity index (χ1v) is 9.32. The Hall–Kier alpha value is -1.76. The zero-order chi connectivity index (χ0) is 18.4. The van der Waals surface area contributed by atoms with Gasteiger partial charge in [0.15, 0.2) is 0 Å². The number of amides is 2. The SMILES string of the molecule is CC(C)(C)OC(=O)N1[C@@H]2CC[C@H](C2)[C@H]1C(=O)Nc1ccc(Br)cc1N. The predicted octanol–water partition coefficient (Wildman–Crippen LogP) is 3.76. The number of halogens is 1. The van der Waals surface area contributed by atoms with Crippen molar-refractivity contribution in [3.63, 3.8) is 0 Å². The lowest BCUT2D eigenvalue weighted by molar-refractivity contribution is -0.122. The van der Waals surface area contributed by atoms with Crippen LogP contribution in [0.5, 0.6) is 0 Å². The molecule has 3 atom stereocenters. The largest absolute Gasteiger partial charge is 0.444 e. The van der Waals surface area contributed by atoms with Gasteiger partial charge >= 0.3 is 6.09 Å². The summed E-state index contributed by atoms with van der Waals surface area (Å²) in [6.07, 6.45) is 2.32. The van der Waals surface area contributed by atoms with Crippen LogP contribution in [0.4, 0.5) is 16.2 Å². The number of piperidine rings is 1. The van der Waals surface area contributed by atoms with E-state index in [4.69, 9.17) is 10.5 Å². The van der Waals surface area contributed by atoms with Crippen LogP contribution in [0.3, 0.4) is 0 Å². The van der Waals surface area contributed by atoms with Crippen LogP contribution in [0, 0.1) is 5.92 Å². The van der Waals surface area contributed by atoms with Crippen LogP contribution in [0.15, 0.2) is 22.7 Å². The van der Waals surface area contributed by atoms with E-state index >= 15 is 0 Å². The molecule has 1 aromatic carbocycles. The molecule has 1 saturated carbocycles. The zero-order valence-electron chi connectivity index (χ0n) is 14.7. The van der Waals surface area contributed by atoms with Gasteiger partial charge in [-0.3, -0.25) is 9.69 Å². The highest BCUT2D eigenvalue weighted by atomic mass is 79.9. The number of carbonyl (C=O) groups excluding carboxylic acids is 2. The summed E-state index contributed by atoms with van der Waals surface area (Å²) in [6.45, 7) is 5.49. The maximum Gasteiger partial charge on any atom is 0.411 e. The van der Waals surface area contributed by atoms with E-state index in [2.05, 4.69) is 21.2 Å². The maximum atomic E-state index is 12.9. The van der Waals surface area contributed by atoms with Gasteiger partial charge in [0.2, 0.25) is 5.91 Å². The first kappa shape index (κ1) is 18.0. The third-order valence-corrected chi connectivity index (χ3v) is 5.22. The van der Waals surface area contributed by atoms with Crippen LogP contribution in [0.1, 0.15) is 40.0 Å². The van der Waals surface area contributed by atoms with Crippen LogP contribution in [0.2, 0.25) is 0 Å². The predicted molar refractivity (Wildman–Crippen MR) is 100 cm³/mol. The lowest BCUT2D eigenvalue weighted by atomic mass is 9.98. The van der Waals surface area contributed by atoms with Crippen molar-refractivity contribution in [3.05, 3.63) is 22.7 Å². The Kier molecular flexibility index (Phi) is 4.70. The summed E-state index contributed by atoms with van der Waals surface area (Å²) in [7, 11) is 0. The van der Waals surface area contributed by atoms with Crippen molar-refractivity contribution >= 4 is 39.3 Å². The number of hydrogen-bond donors (Lipinski definition) is 2. The van der Waals surface area contributed by atoms with Gasteiger partial charge in [0.1, 0.15) is 11.6 Å². The molecule has 0 unspecified atom stereocenters. The van der Waals surface area contributed by atoms with Crippen molar-refractivity contribution in [2.24, 2.45) is 5.92 Å². The summed E-state index contributed by atoms with van der Waals surface area (Å²) < 4.78 is 6.37. The Balaban J connectivity index is 1.78. The summed E-state index contributed by atoms with van der Waals surface area (Å²) in [5, 5.41) is 2.88. The van der Waals surface area contributed by atoms with Crippen molar-refractivity contribution in [3.8, 4) is 0 Å². The number of hydrogen-bond acceptors (Lipinski definition) is 4. The standard InChI is InChI=1S/C18H24BrN3O3/c1-18(2,3)25-17(24)22-12-6-4-10(8-12)15(22)16(23)21-14-7-5-11(19)9-13(14)20/h5,7,9-10,12,15H,4,6,8,20H2,1-3H3,(H,21,23)/t10-,12-,15+/m1/s1. The van der Waals surface area contributed by atoms with Crippen LogP contribution >= 0.6 is 15.9 Å². The van der Waals surface area contributed by atoms with E-state index in [0.29, 0.717) is 11.4 Å². The van der Waals surface area contributed by atoms with Gasteiger partial charge in [-0.05, 0) is 64.2 Å². The Bertz CT molecular complexity index is 701. The average Bonchev–Trinajstić information content (AvgIpc) is 3.09. The lowest BCUT2D eigenvalue weighted by Gasteiger charge is -2.35. The molecule has 25 heavy (non-hydrogen) atoms.